The maximum absolute atomic E-state index is 14.2. The number of halogens is 4. The fourth-order valence-electron chi connectivity index (χ4n) is 2.20. The van der Waals surface area contributed by atoms with Gasteiger partial charge in [-0.25, -0.2) is 4.39 Å². The Morgan fingerprint density at radius 1 is 1.14 bits per heavy atom. The third kappa shape index (κ3) is 3.41. The minimum absolute atomic E-state index is 0.00140. The van der Waals surface area contributed by atoms with E-state index in [1.807, 2.05) is 0 Å². The average molecular weight is 393 g/mol. The van der Waals surface area contributed by atoms with Gasteiger partial charge in [-0.1, -0.05) is 47.5 Å². The van der Waals surface area contributed by atoms with Crippen molar-refractivity contribution in [3.8, 4) is 0 Å². The normalized spacial score (nSPS) is 14.0. The van der Waals surface area contributed by atoms with Crippen molar-refractivity contribution in [2.45, 2.75) is 12.0 Å². The lowest BCUT2D eigenvalue weighted by atomic mass is 9.89. The molecule has 0 aliphatic carbocycles. The van der Waals surface area contributed by atoms with Crippen LogP contribution >= 0.6 is 39.1 Å². The molecule has 2 aromatic rings. The van der Waals surface area contributed by atoms with Gasteiger partial charge in [0, 0.05) is 22.5 Å². The molecular formula is C15H13BrCl2FNO. The van der Waals surface area contributed by atoms with Gasteiger partial charge in [-0.05, 0) is 33.6 Å². The Morgan fingerprint density at radius 3 is 2.43 bits per heavy atom. The highest BCUT2D eigenvalue weighted by molar-refractivity contribution is 9.10. The molecular weight excluding hydrogens is 380 g/mol. The van der Waals surface area contributed by atoms with E-state index in [-0.39, 0.29) is 17.1 Å². The van der Waals surface area contributed by atoms with Crippen LogP contribution in [0.3, 0.4) is 0 Å². The second kappa shape index (κ2) is 7.07. The standard InChI is InChI=1S/C15H13BrCl2FNO/c16-11-5-1-4-9(13(11)18)15(21)10(7-20)8-3-2-6-12(17)14(8)19/h1-6,10,15,21H,7,20H2. The van der Waals surface area contributed by atoms with E-state index in [4.69, 9.17) is 28.9 Å². The molecule has 2 atom stereocenters. The number of hydrogen-bond donors (Lipinski definition) is 2. The lowest BCUT2D eigenvalue weighted by molar-refractivity contribution is 0.146. The minimum Gasteiger partial charge on any atom is -0.388 e. The second-order valence-corrected chi connectivity index (χ2v) is 6.21. The maximum Gasteiger partial charge on any atom is 0.145 e. The highest BCUT2D eigenvalue weighted by atomic mass is 79.9. The van der Waals surface area contributed by atoms with Crippen LogP contribution in [-0.4, -0.2) is 11.7 Å². The molecule has 0 saturated heterocycles. The van der Waals surface area contributed by atoms with Crippen LogP contribution in [0.1, 0.15) is 23.1 Å². The Kier molecular flexibility index (Phi) is 5.63. The molecule has 0 bridgehead atoms. The molecule has 21 heavy (non-hydrogen) atoms. The summed E-state index contributed by atoms with van der Waals surface area (Å²) in [6.45, 7) is 0.0568. The molecule has 2 nitrogen and oxygen atoms in total. The molecule has 0 amide bonds. The van der Waals surface area contributed by atoms with Gasteiger partial charge in [-0.15, -0.1) is 0 Å². The molecule has 0 radical (unpaired) electrons. The largest absolute Gasteiger partial charge is 0.388 e. The number of rotatable bonds is 4. The van der Waals surface area contributed by atoms with Gasteiger partial charge in [-0.2, -0.15) is 0 Å². The number of aliphatic hydroxyl groups excluding tert-OH is 1. The van der Waals surface area contributed by atoms with E-state index in [1.165, 1.54) is 6.07 Å². The molecule has 0 spiro atoms. The first-order chi connectivity index (χ1) is 9.97. The van der Waals surface area contributed by atoms with Gasteiger partial charge in [0.05, 0.1) is 16.1 Å². The summed E-state index contributed by atoms with van der Waals surface area (Å²) in [6.07, 6.45) is -1.03. The van der Waals surface area contributed by atoms with Crippen molar-refractivity contribution in [2.24, 2.45) is 5.73 Å². The third-order valence-electron chi connectivity index (χ3n) is 3.32. The SMILES string of the molecule is NCC(c1cccc(Cl)c1F)C(O)c1cccc(Br)c1Cl. The topological polar surface area (TPSA) is 46.2 Å². The Balaban J connectivity index is 2.46. The molecule has 0 fully saturated rings. The summed E-state index contributed by atoms with van der Waals surface area (Å²) >= 11 is 15.3. The van der Waals surface area contributed by atoms with Crippen LogP contribution in [0.4, 0.5) is 4.39 Å². The average Bonchev–Trinajstić information content (AvgIpc) is 2.47. The molecule has 2 rings (SSSR count). The molecule has 112 valence electrons. The van der Waals surface area contributed by atoms with Gasteiger partial charge >= 0.3 is 0 Å². The Hall–Kier alpha value is -0.650. The monoisotopic (exact) mass is 391 g/mol. The van der Waals surface area contributed by atoms with Crippen molar-refractivity contribution in [3.05, 3.63) is 67.9 Å². The van der Waals surface area contributed by atoms with Crippen molar-refractivity contribution < 1.29 is 9.50 Å². The zero-order valence-corrected chi connectivity index (χ0v) is 14.0. The smallest absolute Gasteiger partial charge is 0.145 e. The minimum atomic E-state index is -1.03. The zero-order chi connectivity index (χ0) is 15.6. The van der Waals surface area contributed by atoms with Crippen LogP contribution in [0.25, 0.3) is 0 Å². The van der Waals surface area contributed by atoms with Crippen molar-refractivity contribution in [3.63, 3.8) is 0 Å². The quantitative estimate of drug-likeness (QED) is 0.793. The van der Waals surface area contributed by atoms with Crippen LogP contribution in [0, 0.1) is 5.82 Å². The Bertz CT molecular complexity index is 654. The summed E-state index contributed by atoms with van der Waals surface area (Å²) in [5, 5.41) is 10.9. The molecule has 2 aromatic carbocycles. The van der Waals surface area contributed by atoms with Crippen LogP contribution in [0.15, 0.2) is 40.9 Å². The second-order valence-electron chi connectivity index (χ2n) is 4.57. The lowest BCUT2D eigenvalue weighted by Crippen LogP contribution is -2.21. The Labute approximate surface area is 140 Å². The van der Waals surface area contributed by atoms with Gasteiger partial charge in [-0.3, -0.25) is 0 Å². The van der Waals surface area contributed by atoms with Crippen molar-refractivity contribution in [1.82, 2.24) is 0 Å². The predicted octanol–water partition coefficient (Wildman–Crippen LogP) is 4.67. The summed E-state index contributed by atoms with van der Waals surface area (Å²) in [5.74, 6) is -1.21. The van der Waals surface area contributed by atoms with Crippen LogP contribution in [0.2, 0.25) is 10.0 Å². The van der Waals surface area contributed by atoms with E-state index < -0.39 is 17.8 Å². The molecule has 2 unspecified atom stereocenters. The first-order valence-electron chi connectivity index (χ1n) is 6.23. The van der Waals surface area contributed by atoms with Gasteiger partial charge in [0.2, 0.25) is 0 Å². The fraction of sp³-hybridized carbons (Fsp3) is 0.200. The van der Waals surface area contributed by atoms with Crippen LogP contribution in [0.5, 0.6) is 0 Å². The van der Waals surface area contributed by atoms with E-state index in [2.05, 4.69) is 15.9 Å². The van der Waals surface area contributed by atoms with E-state index in [1.54, 1.807) is 30.3 Å². The van der Waals surface area contributed by atoms with Gasteiger partial charge in [0.25, 0.3) is 0 Å². The summed E-state index contributed by atoms with van der Waals surface area (Å²) in [5.41, 5.74) is 6.48. The highest BCUT2D eigenvalue weighted by Crippen LogP contribution is 2.38. The molecule has 0 heterocycles. The van der Waals surface area contributed by atoms with E-state index in [0.29, 0.717) is 15.1 Å². The van der Waals surface area contributed by atoms with E-state index in [9.17, 15) is 9.50 Å². The van der Waals surface area contributed by atoms with Crippen molar-refractivity contribution in [2.75, 3.05) is 6.54 Å². The highest BCUT2D eigenvalue weighted by Gasteiger charge is 2.27. The summed E-state index contributed by atoms with van der Waals surface area (Å²) in [7, 11) is 0. The van der Waals surface area contributed by atoms with Crippen molar-refractivity contribution >= 4 is 39.1 Å². The Morgan fingerprint density at radius 2 is 1.76 bits per heavy atom. The van der Waals surface area contributed by atoms with E-state index >= 15 is 0 Å². The number of nitrogens with two attached hydrogens (primary N) is 1. The predicted molar refractivity (Wildman–Crippen MR) is 87.3 cm³/mol. The molecule has 0 saturated carbocycles. The van der Waals surface area contributed by atoms with Gasteiger partial charge in [0.1, 0.15) is 5.82 Å². The maximum atomic E-state index is 14.2. The number of benzene rings is 2. The third-order valence-corrected chi connectivity index (χ3v) is 4.92. The number of hydrogen-bond acceptors (Lipinski definition) is 2. The lowest BCUT2D eigenvalue weighted by Gasteiger charge is -2.24. The van der Waals surface area contributed by atoms with Gasteiger partial charge < -0.3 is 10.8 Å². The van der Waals surface area contributed by atoms with Gasteiger partial charge in [0.15, 0.2) is 0 Å². The zero-order valence-electron chi connectivity index (χ0n) is 10.9. The fourth-order valence-corrected chi connectivity index (χ4v) is 3.00. The molecule has 0 aliphatic rings. The molecule has 0 aromatic heterocycles. The van der Waals surface area contributed by atoms with Crippen molar-refractivity contribution in [1.29, 1.82) is 0 Å². The van der Waals surface area contributed by atoms with Crippen LogP contribution < -0.4 is 5.73 Å². The summed E-state index contributed by atoms with van der Waals surface area (Å²) < 4.78 is 14.8. The first kappa shape index (κ1) is 16.7. The summed E-state index contributed by atoms with van der Waals surface area (Å²) in [6, 6.07) is 9.83. The van der Waals surface area contributed by atoms with Crippen LogP contribution in [-0.2, 0) is 0 Å². The first-order valence-corrected chi connectivity index (χ1v) is 7.78. The van der Waals surface area contributed by atoms with E-state index in [0.717, 1.165) is 0 Å². The molecule has 3 N–H and O–H groups in total. The molecule has 0 aliphatic heterocycles. The molecule has 6 heteroatoms. The summed E-state index contributed by atoms with van der Waals surface area (Å²) in [4.78, 5) is 0. The number of aliphatic hydroxyl groups is 1.